The molecule has 9 heteroatoms. The molecular weight excluding hydrogens is 484 g/mol. The molecule has 0 saturated heterocycles. The smallest absolute Gasteiger partial charge is 0.269 e. The van der Waals surface area contributed by atoms with Gasteiger partial charge in [0.1, 0.15) is 12.4 Å². The lowest BCUT2D eigenvalue weighted by Gasteiger charge is -2.10. The predicted molar refractivity (Wildman–Crippen MR) is 143 cm³/mol. The van der Waals surface area contributed by atoms with E-state index in [-0.39, 0.29) is 23.7 Å². The van der Waals surface area contributed by atoms with E-state index in [1.807, 2.05) is 30.3 Å². The van der Waals surface area contributed by atoms with Gasteiger partial charge in [0.2, 0.25) is 0 Å². The summed E-state index contributed by atoms with van der Waals surface area (Å²) in [6, 6.07) is 27.6. The third-order valence-corrected chi connectivity index (χ3v) is 5.95. The molecule has 0 bridgehead atoms. The zero-order valence-corrected chi connectivity index (χ0v) is 20.1. The van der Waals surface area contributed by atoms with E-state index in [1.165, 1.54) is 23.0 Å². The summed E-state index contributed by atoms with van der Waals surface area (Å²) in [5, 5.41) is 14.0. The number of carbonyl (C=O) groups excluding carboxylic acids is 1. The molecule has 5 aromatic rings. The van der Waals surface area contributed by atoms with Crippen molar-refractivity contribution in [3.05, 3.63) is 141 Å². The van der Waals surface area contributed by atoms with E-state index in [2.05, 4.69) is 10.3 Å². The SMILES string of the molecule is O=C(Nc1ccc(OCc2ccccc2)cc1)c1ccc2c(=O)n(Cc3ccc([N+](=O)[O-])cc3)cnc2c1. The molecule has 0 radical (unpaired) electrons. The number of hydrogen-bond donors (Lipinski definition) is 1. The topological polar surface area (TPSA) is 116 Å². The van der Waals surface area contributed by atoms with Crippen molar-refractivity contribution < 1.29 is 14.5 Å². The molecule has 1 amide bonds. The number of nitro benzene ring substituents is 1. The Morgan fingerprint density at radius 2 is 1.66 bits per heavy atom. The zero-order valence-electron chi connectivity index (χ0n) is 20.1. The van der Waals surface area contributed by atoms with E-state index >= 15 is 0 Å². The van der Waals surface area contributed by atoms with Gasteiger partial charge >= 0.3 is 0 Å². The minimum Gasteiger partial charge on any atom is -0.489 e. The summed E-state index contributed by atoms with van der Waals surface area (Å²) in [6.45, 7) is 0.666. The monoisotopic (exact) mass is 506 g/mol. The summed E-state index contributed by atoms with van der Waals surface area (Å²) in [5.74, 6) is 0.355. The summed E-state index contributed by atoms with van der Waals surface area (Å²) in [5.41, 5.74) is 2.87. The minimum atomic E-state index is -0.474. The molecule has 1 aromatic heterocycles. The quantitative estimate of drug-likeness (QED) is 0.229. The average molecular weight is 507 g/mol. The molecule has 0 aliphatic rings. The summed E-state index contributed by atoms with van der Waals surface area (Å²) in [4.78, 5) is 40.5. The fourth-order valence-corrected chi connectivity index (χ4v) is 3.91. The van der Waals surface area contributed by atoms with Crippen molar-refractivity contribution in [2.45, 2.75) is 13.2 Å². The van der Waals surface area contributed by atoms with Crippen LogP contribution in [0.2, 0.25) is 0 Å². The van der Waals surface area contributed by atoms with Gasteiger partial charge in [-0.3, -0.25) is 24.3 Å². The van der Waals surface area contributed by atoms with Crippen molar-refractivity contribution >= 4 is 28.2 Å². The number of nitro groups is 1. The van der Waals surface area contributed by atoms with Crippen molar-refractivity contribution in [2.24, 2.45) is 0 Å². The number of amides is 1. The number of ether oxygens (including phenoxy) is 1. The van der Waals surface area contributed by atoms with Crippen LogP contribution in [0.15, 0.2) is 108 Å². The van der Waals surface area contributed by atoms with Crippen LogP contribution < -0.4 is 15.6 Å². The molecule has 0 spiro atoms. The maximum atomic E-state index is 13.0. The van der Waals surface area contributed by atoms with Gasteiger partial charge in [-0.25, -0.2) is 4.98 Å². The molecule has 0 saturated carbocycles. The molecule has 9 nitrogen and oxygen atoms in total. The summed E-state index contributed by atoms with van der Waals surface area (Å²) in [7, 11) is 0. The molecule has 1 heterocycles. The van der Waals surface area contributed by atoms with Gasteiger partial charge in [-0.1, -0.05) is 42.5 Å². The van der Waals surface area contributed by atoms with Crippen molar-refractivity contribution in [1.29, 1.82) is 0 Å². The second-order valence-electron chi connectivity index (χ2n) is 8.59. The predicted octanol–water partition coefficient (Wildman–Crippen LogP) is 5.18. The number of carbonyl (C=O) groups is 1. The Morgan fingerprint density at radius 1 is 0.921 bits per heavy atom. The number of fused-ring (bicyclic) bond motifs is 1. The fraction of sp³-hybridized carbons (Fsp3) is 0.0690. The molecule has 0 unspecified atom stereocenters. The highest BCUT2D eigenvalue weighted by Gasteiger charge is 2.12. The van der Waals surface area contributed by atoms with Crippen LogP contribution in [0, 0.1) is 10.1 Å². The summed E-state index contributed by atoms with van der Waals surface area (Å²) in [6.07, 6.45) is 1.40. The lowest BCUT2D eigenvalue weighted by atomic mass is 10.1. The molecular formula is C29H22N4O5. The number of benzene rings is 4. The first-order chi connectivity index (χ1) is 18.5. The van der Waals surface area contributed by atoms with E-state index in [9.17, 15) is 19.7 Å². The van der Waals surface area contributed by atoms with Crippen LogP contribution in [-0.4, -0.2) is 20.4 Å². The molecule has 4 aromatic carbocycles. The molecule has 0 fully saturated rings. The Hall–Kier alpha value is -5.31. The van der Waals surface area contributed by atoms with Gasteiger partial charge in [-0.2, -0.15) is 0 Å². The summed E-state index contributed by atoms with van der Waals surface area (Å²) < 4.78 is 7.20. The van der Waals surface area contributed by atoms with Crippen LogP contribution >= 0.6 is 0 Å². The van der Waals surface area contributed by atoms with E-state index in [0.29, 0.717) is 34.5 Å². The van der Waals surface area contributed by atoms with Gasteiger partial charge in [0.05, 0.1) is 28.7 Å². The minimum absolute atomic E-state index is 0.0177. The van der Waals surface area contributed by atoms with E-state index < -0.39 is 4.92 Å². The van der Waals surface area contributed by atoms with Crippen molar-refractivity contribution in [3.63, 3.8) is 0 Å². The number of nitrogens with zero attached hydrogens (tertiary/aromatic N) is 3. The third-order valence-electron chi connectivity index (χ3n) is 5.95. The van der Waals surface area contributed by atoms with Gasteiger partial charge < -0.3 is 10.1 Å². The van der Waals surface area contributed by atoms with Gasteiger partial charge in [0, 0.05) is 23.4 Å². The molecule has 0 aliphatic carbocycles. The van der Waals surface area contributed by atoms with Crippen LogP contribution in [0.3, 0.4) is 0 Å². The van der Waals surface area contributed by atoms with E-state index in [4.69, 9.17) is 4.74 Å². The number of aromatic nitrogens is 2. The van der Waals surface area contributed by atoms with E-state index in [1.54, 1.807) is 54.6 Å². The Bertz CT molecular complexity index is 1660. The van der Waals surface area contributed by atoms with Gasteiger partial charge in [0.25, 0.3) is 17.2 Å². The van der Waals surface area contributed by atoms with Crippen LogP contribution in [0.4, 0.5) is 11.4 Å². The van der Waals surface area contributed by atoms with Crippen LogP contribution in [0.1, 0.15) is 21.5 Å². The number of rotatable bonds is 8. The van der Waals surface area contributed by atoms with Gasteiger partial charge in [-0.15, -0.1) is 0 Å². The first-order valence-corrected chi connectivity index (χ1v) is 11.8. The lowest BCUT2D eigenvalue weighted by Crippen LogP contribution is -2.21. The van der Waals surface area contributed by atoms with Crippen molar-refractivity contribution in [1.82, 2.24) is 9.55 Å². The maximum absolute atomic E-state index is 13.0. The Kier molecular flexibility index (Phi) is 6.90. The molecule has 0 aliphatic heterocycles. The second-order valence-corrected chi connectivity index (χ2v) is 8.59. The van der Waals surface area contributed by atoms with Gasteiger partial charge in [-0.05, 0) is 53.6 Å². The van der Waals surface area contributed by atoms with Crippen LogP contribution in [0.5, 0.6) is 5.75 Å². The lowest BCUT2D eigenvalue weighted by molar-refractivity contribution is -0.384. The van der Waals surface area contributed by atoms with Crippen LogP contribution in [-0.2, 0) is 13.2 Å². The molecule has 188 valence electrons. The van der Waals surface area contributed by atoms with Crippen LogP contribution in [0.25, 0.3) is 10.9 Å². The standard InChI is InChI=1S/C29H22N4O5/c34-28(31-23-9-13-25(14-10-23)38-18-21-4-2-1-3-5-21)22-8-15-26-27(16-22)30-19-32(29(26)35)17-20-6-11-24(12-7-20)33(36)37/h1-16,19H,17-18H2,(H,31,34). The van der Waals surface area contributed by atoms with Gasteiger partial charge in [0.15, 0.2) is 0 Å². The van der Waals surface area contributed by atoms with Crippen molar-refractivity contribution in [2.75, 3.05) is 5.32 Å². The molecule has 38 heavy (non-hydrogen) atoms. The molecule has 5 rings (SSSR count). The molecule has 0 atom stereocenters. The largest absolute Gasteiger partial charge is 0.489 e. The summed E-state index contributed by atoms with van der Waals surface area (Å²) >= 11 is 0. The highest BCUT2D eigenvalue weighted by atomic mass is 16.6. The number of non-ortho nitro benzene ring substituents is 1. The van der Waals surface area contributed by atoms with E-state index in [0.717, 1.165) is 11.1 Å². The number of nitrogens with one attached hydrogen (secondary N) is 1. The second kappa shape index (κ2) is 10.8. The number of hydrogen-bond acceptors (Lipinski definition) is 6. The Balaban J connectivity index is 1.25. The Morgan fingerprint density at radius 3 is 2.37 bits per heavy atom. The average Bonchev–Trinajstić information content (AvgIpc) is 2.95. The zero-order chi connectivity index (χ0) is 26.5. The Labute approximate surface area is 217 Å². The number of anilines is 1. The third kappa shape index (κ3) is 5.57. The maximum Gasteiger partial charge on any atom is 0.269 e. The first-order valence-electron chi connectivity index (χ1n) is 11.8. The highest BCUT2D eigenvalue weighted by Crippen LogP contribution is 2.19. The van der Waals surface area contributed by atoms with Crippen molar-refractivity contribution in [3.8, 4) is 5.75 Å². The fourth-order valence-electron chi connectivity index (χ4n) is 3.91. The first kappa shape index (κ1) is 24.4. The molecule has 1 N–H and O–H groups in total. The normalized spacial score (nSPS) is 10.7. The highest BCUT2D eigenvalue weighted by molar-refractivity contribution is 6.06.